The third-order valence-corrected chi connectivity index (χ3v) is 4.00. The molecule has 4 nitrogen and oxygen atoms in total. The first-order valence-electron chi connectivity index (χ1n) is 6.08. The zero-order valence-electron chi connectivity index (χ0n) is 10.8. The molecule has 96 valence electrons. The van der Waals surface area contributed by atoms with E-state index < -0.39 is 0 Å². The van der Waals surface area contributed by atoms with Crippen molar-refractivity contribution in [3.63, 3.8) is 0 Å². The van der Waals surface area contributed by atoms with Crippen LogP contribution in [0.4, 0.5) is 0 Å². The summed E-state index contributed by atoms with van der Waals surface area (Å²) >= 11 is 1.69. The van der Waals surface area contributed by atoms with Crippen molar-refractivity contribution in [2.75, 3.05) is 20.2 Å². The highest BCUT2D eigenvalue weighted by Gasteiger charge is 2.22. The fourth-order valence-corrected chi connectivity index (χ4v) is 2.89. The van der Waals surface area contributed by atoms with Gasteiger partial charge in [0.2, 0.25) is 0 Å². The number of nitrogens with zero attached hydrogens (tertiary/aromatic N) is 2. The molecule has 2 unspecified atom stereocenters. The summed E-state index contributed by atoms with van der Waals surface area (Å²) in [6.07, 6.45) is 0. The smallest absolute Gasteiger partial charge is 0.119 e. The molecule has 0 spiro atoms. The molecule has 5 heteroatoms. The number of hydrogen-bond donors (Lipinski definition) is 1. The Hall–Kier alpha value is -0.490. The van der Waals surface area contributed by atoms with E-state index in [9.17, 15) is 0 Å². The average Bonchev–Trinajstić information content (AvgIpc) is 2.72. The molecule has 1 N–H and O–H groups in total. The van der Waals surface area contributed by atoms with Gasteiger partial charge in [-0.15, -0.1) is 11.3 Å². The molecule has 0 saturated carbocycles. The van der Waals surface area contributed by atoms with E-state index in [4.69, 9.17) is 4.74 Å². The lowest BCUT2D eigenvalue weighted by Gasteiger charge is -2.37. The predicted octanol–water partition coefficient (Wildman–Crippen LogP) is 1.47. The molecule has 1 aliphatic heterocycles. The van der Waals surface area contributed by atoms with Crippen molar-refractivity contribution in [1.82, 2.24) is 15.2 Å². The minimum Gasteiger partial charge on any atom is -0.378 e. The highest BCUT2D eigenvalue weighted by molar-refractivity contribution is 7.09. The number of ether oxygens (including phenoxy) is 1. The Morgan fingerprint density at radius 3 is 3.18 bits per heavy atom. The van der Waals surface area contributed by atoms with Gasteiger partial charge in [0, 0.05) is 44.2 Å². The number of nitrogens with one attached hydrogen (secondary N) is 1. The summed E-state index contributed by atoms with van der Waals surface area (Å²) in [6, 6.07) is 1.15. The summed E-state index contributed by atoms with van der Waals surface area (Å²) in [5.74, 6) is 0. The van der Waals surface area contributed by atoms with Gasteiger partial charge >= 0.3 is 0 Å². The standard InChI is InChI=1S/C12H21N3OS/c1-9-5-15(10(2)4-13-9)6-11-8-17-12(14-11)7-16-3/h8-10,13H,4-7H2,1-3H3. The lowest BCUT2D eigenvalue weighted by atomic mass is 10.1. The monoisotopic (exact) mass is 255 g/mol. The molecular weight excluding hydrogens is 234 g/mol. The Morgan fingerprint density at radius 2 is 2.41 bits per heavy atom. The quantitative estimate of drug-likeness (QED) is 0.884. The third-order valence-electron chi connectivity index (χ3n) is 3.13. The highest BCUT2D eigenvalue weighted by Crippen LogP contribution is 2.15. The van der Waals surface area contributed by atoms with Crippen LogP contribution in [0.1, 0.15) is 24.5 Å². The maximum Gasteiger partial charge on any atom is 0.119 e. The Balaban J connectivity index is 1.94. The topological polar surface area (TPSA) is 37.4 Å². The van der Waals surface area contributed by atoms with Crippen molar-refractivity contribution in [2.45, 2.75) is 39.1 Å². The number of methoxy groups -OCH3 is 1. The molecule has 0 aliphatic carbocycles. The lowest BCUT2D eigenvalue weighted by Crippen LogP contribution is -2.53. The first-order chi connectivity index (χ1) is 8.19. The summed E-state index contributed by atoms with van der Waals surface area (Å²) in [6.45, 7) is 8.23. The fraction of sp³-hybridized carbons (Fsp3) is 0.750. The van der Waals surface area contributed by atoms with Gasteiger partial charge in [0.05, 0.1) is 12.3 Å². The molecule has 0 amide bonds. The summed E-state index contributed by atoms with van der Waals surface area (Å²) < 4.78 is 5.09. The first-order valence-corrected chi connectivity index (χ1v) is 6.96. The van der Waals surface area contributed by atoms with Crippen LogP contribution in [0.3, 0.4) is 0 Å². The maximum absolute atomic E-state index is 5.09. The molecule has 17 heavy (non-hydrogen) atoms. The third kappa shape index (κ3) is 3.48. The molecule has 1 aliphatic rings. The van der Waals surface area contributed by atoms with Crippen LogP contribution in [-0.4, -0.2) is 42.2 Å². The van der Waals surface area contributed by atoms with Crippen LogP contribution in [0.2, 0.25) is 0 Å². The van der Waals surface area contributed by atoms with Gasteiger partial charge in [-0.1, -0.05) is 0 Å². The Labute approximate surface area is 107 Å². The molecule has 1 fully saturated rings. The number of rotatable bonds is 4. The van der Waals surface area contributed by atoms with E-state index in [1.807, 2.05) is 0 Å². The van der Waals surface area contributed by atoms with Crippen molar-refractivity contribution >= 4 is 11.3 Å². The Morgan fingerprint density at radius 1 is 1.59 bits per heavy atom. The van der Waals surface area contributed by atoms with Gasteiger partial charge < -0.3 is 10.1 Å². The average molecular weight is 255 g/mol. The Bertz CT molecular complexity index is 355. The molecule has 0 radical (unpaired) electrons. The molecule has 0 aromatic carbocycles. The molecule has 2 heterocycles. The van der Waals surface area contributed by atoms with Crippen molar-refractivity contribution in [1.29, 1.82) is 0 Å². The second-order valence-corrected chi connectivity index (χ2v) is 5.70. The van der Waals surface area contributed by atoms with Crippen molar-refractivity contribution in [3.8, 4) is 0 Å². The van der Waals surface area contributed by atoms with E-state index in [0.717, 1.165) is 24.6 Å². The van der Waals surface area contributed by atoms with E-state index >= 15 is 0 Å². The second kappa shape index (κ2) is 5.91. The van der Waals surface area contributed by atoms with E-state index in [0.29, 0.717) is 18.7 Å². The van der Waals surface area contributed by atoms with Gasteiger partial charge in [-0.05, 0) is 13.8 Å². The van der Waals surface area contributed by atoms with Crippen LogP contribution in [0.25, 0.3) is 0 Å². The van der Waals surface area contributed by atoms with Crippen LogP contribution >= 0.6 is 11.3 Å². The fourth-order valence-electron chi connectivity index (χ4n) is 2.14. The zero-order valence-corrected chi connectivity index (χ0v) is 11.6. The Kier molecular flexibility index (Phi) is 4.50. The molecule has 1 aromatic heterocycles. The van der Waals surface area contributed by atoms with Crippen LogP contribution in [0.15, 0.2) is 5.38 Å². The summed E-state index contributed by atoms with van der Waals surface area (Å²) in [7, 11) is 1.71. The van der Waals surface area contributed by atoms with Gasteiger partial charge in [-0.25, -0.2) is 4.98 Å². The van der Waals surface area contributed by atoms with E-state index in [-0.39, 0.29) is 0 Å². The molecular formula is C12H21N3OS. The number of aromatic nitrogens is 1. The maximum atomic E-state index is 5.09. The van der Waals surface area contributed by atoms with Crippen molar-refractivity contribution < 1.29 is 4.74 Å². The number of hydrogen-bond acceptors (Lipinski definition) is 5. The minimum absolute atomic E-state index is 0.572. The van der Waals surface area contributed by atoms with Gasteiger partial charge in [0.25, 0.3) is 0 Å². The predicted molar refractivity (Wildman–Crippen MR) is 70.2 cm³/mol. The number of piperazine rings is 1. The van der Waals surface area contributed by atoms with Gasteiger partial charge in [0.15, 0.2) is 0 Å². The van der Waals surface area contributed by atoms with Crippen LogP contribution in [-0.2, 0) is 17.9 Å². The van der Waals surface area contributed by atoms with Crippen molar-refractivity contribution in [2.24, 2.45) is 0 Å². The van der Waals surface area contributed by atoms with Crippen molar-refractivity contribution in [3.05, 3.63) is 16.1 Å². The first kappa shape index (κ1) is 13.0. The van der Waals surface area contributed by atoms with E-state index in [1.54, 1.807) is 18.4 Å². The molecule has 0 bridgehead atoms. The van der Waals surface area contributed by atoms with Crippen LogP contribution in [0, 0.1) is 0 Å². The summed E-state index contributed by atoms with van der Waals surface area (Å²) in [5, 5.41) is 6.71. The van der Waals surface area contributed by atoms with E-state index in [1.165, 1.54) is 5.69 Å². The second-order valence-electron chi connectivity index (χ2n) is 4.75. The van der Waals surface area contributed by atoms with Gasteiger partial charge in [0.1, 0.15) is 5.01 Å². The number of thiazole rings is 1. The van der Waals surface area contributed by atoms with E-state index in [2.05, 4.69) is 34.4 Å². The molecule has 1 aromatic rings. The molecule has 1 saturated heterocycles. The largest absolute Gasteiger partial charge is 0.378 e. The van der Waals surface area contributed by atoms with Gasteiger partial charge in [-0.2, -0.15) is 0 Å². The minimum atomic E-state index is 0.572. The lowest BCUT2D eigenvalue weighted by molar-refractivity contribution is 0.137. The molecule has 2 rings (SSSR count). The summed E-state index contributed by atoms with van der Waals surface area (Å²) in [5.41, 5.74) is 1.17. The SMILES string of the molecule is COCc1nc(CN2CC(C)NCC2C)cs1. The highest BCUT2D eigenvalue weighted by atomic mass is 32.1. The normalized spacial score (nSPS) is 26.3. The summed E-state index contributed by atoms with van der Waals surface area (Å²) in [4.78, 5) is 7.08. The van der Waals surface area contributed by atoms with Gasteiger partial charge in [-0.3, -0.25) is 4.90 Å². The van der Waals surface area contributed by atoms with Crippen LogP contribution < -0.4 is 5.32 Å². The van der Waals surface area contributed by atoms with Crippen LogP contribution in [0.5, 0.6) is 0 Å². The molecule has 2 atom stereocenters. The zero-order chi connectivity index (χ0) is 12.3.